The molecule has 0 aliphatic carbocycles. The van der Waals surface area contributed by atoms with Crippen molar-refractivity contribution in [3.8, 4) is 0 Å². The Morgan fingerprint density at radius 2 is 2.33 bits per heavy atom. The molecule has 1 atom stereocenters. The molecule has 0 aliphatic rings. The van der Waals surface area contributed by atoms with Gasteiger partial charge < -0.3 is 11.1 Å². The average molecular weight is 227 g/mol. The summed E-state index contributed by atoms with van der Waals surface area (Å²) in [4.78, 5) is 5.71. The SMILES string of the molecule is CCc1cnc(CNCCC(N)CC)s1. The molecule has 86 valence electrons. The van der Waals surface area contributed by atoms with Gasteiger partial charge in [0.1, 0.15) is 5.01 Å². The van der Waals surface area contributed by atoms with Crippen LogP contribution in [0.4, 0.5) is 0 Å². The molecule has 0 bridgehead atoms. The first-order chi connectivity index (χ1) is 7.26. The summed E-state index contributed by atoms with van der Waals surface area (Å²) in [6.45, 7) is 6.14. The Morgan fingerprint density at radius 3 is 2.93 bits per heavy atom. The molecule has 0 spiro atoms. The molecule has 0 saturated carbocycles. The minimum Gasteiger partial charge on any atom is -0.328 e. The van der Waals surface area contributed by atoms with Crippen LogP contribution < -0.4 is 11.1 Å². The van der Waals surface area contributed by atoms with Gasteiger partial charge in [0, 0.05) is 23.7 Å². The standard InChI is InChI=1S/C11H21N3S/c1-3-9(12)5-6-13-8-11-14-7-10(4-2)15-11/h7,9,13H,3-6,8,12H2,1-2H3. The van der Waals surface area contributed by atoms with Gasteiger partial charge in [-0.25, -0.2) is 4.98 Å². The van der Waals surface area contributed by atoms with E-state index in [1.165, 1.54) is 9.88 Å². The highest BCUT2D eigenvalue weighted by molar-refractivity contribution is 7.11. The zero-order valence-corrected chi connectivity index (χ0v) is 10.4. The Bertz CT molecular complexity index is 273. The van der Waals surface area contributed by atoms with Crippen LogP contribution in [0.25, 0.3) is 0 Å². The predicted octanol–water partition coefficient (Wildman–Crippen LogP) is 1.92. The third kappa shape index (κ3) is 4.73. The second-order valence-corrected chi connectivity index (χ2v) is 4.91. The lowest BCUT2D eigenvalue weighted by atomic mass is 10.2. The van der Waals surface area contributed by atoms with Crippen LogP contribution in [0.3, 0.4) is 0 Å². The fourth-order valence-electron chi connectivity index (χ4n) is 1.28. The van der Waals surface area contributed by atoms with Gasteiger partial charge in [0.15, 0.2) is 0 Å². The zero-order chi connectivity index (χ0) is 11.1. The number of aryl methyl sites for hydroxylation is 1. The fraction of sp³-hybridized carbons (Fsp3) is 0.727. The highest BCUT2D eigenvalue weighted by Crippen LogP contribution is 2.12. The van der Waals surface area contributed by atoms with Crippen LogP contribution in [0.2, 0.25) is 0 Å². The molecule has 4 heteroatoms. The minimum atomic E-state index is 0.333. The van der Waals surface area contributed by atoms with Crippen molar-refractivity contribution in [1.29, 1.82) is 0 Å². The summed E-state index contributed by atoms with van der Waals surface area (Å²) in [5.74, 6) is 0. The lowest BCUT2D eigenvalue weighted by Gasteiger charge is -2.08. The van der Waals surface area contributed by atoms with Crippen molar-refractivity contribution in [2.75, 3.05) is 6.54 Å². The van der Waals surface area contributed by atoms with Crippen molar-refractivity contribution in [2.24, 2.45) is 5.73 Å². The summed E-state index contributed by atoms with van der Waals surface area (Å²) >= 11 is 1.79. The molecule has 0 saturated heterocycles. The molecule has 3 nitrogen and oxygen atoms in total. The second kappa shape index (κ2) is 6.93. The van der Waals surface area contributed by atoms with Gasteiger partial charge in [0.2, 0.25) is 0 Å². The summed E-state index contributed by atoms with van der Waals surface area (Å²) in [6, 6.07) is 0.333. The highest BCUT2D eigenvalue weighted by atomic mass is 32.1. The number of thiazole rings is 1. The van der Waals surface area contributed by atoms with Crippen LogP contribution in [-0.4, -0.2) is 17.6 Å². The Morgan fingerprint density at radius 1 is 1.53 bits per heavy atom. The topological polar surface area (TPSA) is 50.9 Å². The van der Waals surface area contributed by atoms with Crippen LogP contribution in [0.5, 0.6) is 0 Å². The van der Waals surface area contributed by atoms with Crippen molar-refractivity contribution in [3.63, 3.8) is 0 Å². The van der Waals surface area contributed by atoms with Crippen molar-refractivity contribution >= 4 is 11.3 Å². The quantitative estimate of drug-likeness (QED) is 0.700. The van der Waals surface area contributed by atoms with Gasteiger partial charge in [-0.05, 0) is 25.8 Å². The van der Waals surface area contributed by atoms with Crippen LogP contribution >= 0.6 is 11.3 Å². The van der Waals surface area contributed by atoms with Gasteiger partial charge in [0.05, 0.1) is 0 Å². The van der Waals surface area contributed by atoms with Gasteiger partial charge in [0.25, 0.3) is 0 Å². The largest absolute Gasteiger partial charge is 0.328 e. The minimum absolute atomic E-state index is 0.333. The number of nitrogens with two attached hydrogens (primary N) is 1. The normalized spacial score (nSPS) is 13.0. The predicted molar refractivity (Wildman–Crippen MR) is 66.1 cm³/mol. The van der Waals surface area contributed by atoms with E-state index in [1.54, 1.807) is 11.3 Å². The summed E-state index contributed by atoms with van der Waals surface area (Å²) in [7, 11) is 0. The second-order valence-electron chi connectivity index (χ2n) is 3.71. The van der Waals surface area contributed by atoms with Crippen LogP contribution in [0, 0.1) is 0 Å². The molecule has 0 fully saturated rings. The maximum absolute atomic E-state index is 5.83. The van der Waals surface area contributed by atoms with E-state index in [-0.39, 0.29) is 0 Å². The number of nitrogens with one attached hydrogen (secondary N) is 1. The molecule has 1 rings (SSSR count). The highest BCUT2D eigenvalue weighted by Gasteiger charge is 2.01. The van der Waals surface area contributed by atoms with E-state index in [0.29, 0.717) is 6.04 Å². The lowest BCUT2D eigenvalue weighted by Crippen LogP contribution is -2.25. The summed E-state index contributed by atoms with van der Waals surface area (Å²) in [5, 5.41) is 4.55. The molecular weight excluding hydrogens is 206 g/mol. The van der Waals surface area contributed by atoms with E-state index in [4.69, 9.17) is 5.73 Å². The number of rotatable bonds is 7. The summed E-state index contributed by atoms with van der Waals surface area (Å²) < 4.78 is 0. The van der Waals surface area contributed by atoms with Crippen molar-refractivity contribution < 1.29 is 0 Å². The lowest BCUT2D eigenvalue weighted by molar-refractivity contribution is 0.549. The summed E-state index contributed by atoms with van der Waals surface area (Å²) in [6.07, 6.45) is 5.15. The Balaban J connectivity index is 2.14. The van der Waals surface area contributed by atoms with Gasteiger partial charge in [-0.15, -0.1) is 11.3 Å². The first-order valence-electron chi connectivity index (χ1n) is 5.66. The van der Waals surface area contributed by atoms with Crippen LogP contribution in [0.15, 0.2) is 6.20 Å². The van der Waals surface area contributed by atoms with E-state index < -0.39 is 0 Å². The maximum Gasteiger partial charge on any atom is 0.107 e. The zero-order valence-electron chi connectivity index (χ0n) is 9.62. The Kier molecular flexibility index (Phi) is 5.83. The molecule has 1 unspecified atom stereocenters. The van der Waals surface area contributed by atoms with Crippen molar-refractivity contribution in [2.45, 2.75) is 45.7 Å². The van der Waals surface area contributed by atoms with Crippen molar-refractivity contribution in [1.82, 2.24) is 10.3 Å². The summed E-state index contributed by atoms with van der Waals surface area (Å²) in [5.41, 5.74) is 5.83. The maximum atomic E-state index is 5.83. The van der Waals surface area contributed by atoms with Gasteiger partial charge in [-0.1, -0.05) is 13.8 Å². The Labute approximate surface area is 96.1 Å². The van der Waals surface area contributed by atoms with Gasteiger partial charge >= 0.3 is 0 Å². The third-order valence-corrected chi connectivity index (χ3v) is 3.58. The molecule has 1 heterocycles. The molecule has 0 aliphatic heterocycles. The van der Waals surface area contributed by atoms with E-state index in [9.17, 15) is 0 Å². The van der Waals surface area contributed by atoms with Crippen molar-refractivity contribution in [3.05, 3.63) is 16.1 Å². The van der Waals surface area contributed by atoms with Crippen LogP contribution in [0.1, 0.15) is 36.6 Å². The molecule has 0 radical (unpaired) electrons. The fourth-order valence-corrected chi connectivity index (χ4v) is 2.11. The number of nitrogens with zero attached hydrogens (tertiary/aromatic N) is 1. The molecule has 15 heavy (non-hydrogen) atoms. The molecular formula is C11H21N3S. The molecule has 0 aromatic carbocycles. The smallest absolute Gasteiger partial charge is 0.107 e. The van der Waals surface area contributed by atoms with E-state index in [2.05, 4.69) is 24.1 Å². The average Bonchev–Trinajstić information content (AvgIpc) is 2.72. The number of hydrogen-bond acceptors (Lipinski definition) is 4. The monoisotopic (exact) mass is 227 g/mol. The van der Waals surface area contributed by atoms with Gasteiger partial charge in [-0.2, -0.15) is 0 Å². The molecule has 3 N–H and O–H groups in total. The van der Waals surface area contributed by atoms with E-state index >= 15 is 0 Å². The first-order valence-corrected chi connectivity index (χ1v) is 6.47. The van der Waals surface area contributed by atoms with E-state index in [0.717, 1.165) is 32.4 Å². The third-order valence-electron chi connectivity index (χ3n) is 2.44. The number of aromatic nitrogens is 1. The number of hydrogen-bond donors (Lipinski definition) is 2. The Hall–Kier alpha value is -0.450. The molecule has 0 amide bonds. The first kappa shape index (κ1) is 12.6. The molecule has 1 aromatic heterocycles. The van der Waals surface area contributed by atoms with E-state index in [1.807, 2.05) is 6.20 Å². The van der Waals surface area contributed by atoms with Crippen LogP contribution in [-0.2, 0) is 13.0 Å². The molecule has 1 aromatic rings. The van der Waals surface area contributed by atoms with Gasteiger partial charge in [-0.3, -0.25) is 0 Å².